The standard InChI is InChI=1S/C16H14O2S.C9H12O.C7H6O2S.H2O4S/c1-9(2)12-7-10(17)8-13-15(18)11-5-3-4-6-14(11)19-16(12)13;1-7(2)8-4-3-5-9(10)6-8;8-7(9)5-3-1-2-4-6(5)10;1-5(2,3)4/h3-9,17H,1-2H3;3-7,10H,1-2H3;1-4,10H,(H,8,9);(H2,1,2,3,4). The number of thiol groups is 1. The van der Waals surface area contributed by atoms with Gasteiger partial charge in [-0.1, -0.05) is 64.1 Å². The van der Waals surface area contributed by atoms with Crippen LogP contribution in [0.25, 0.3) is 20.2 Å². The summed E-state index contributed by atoms with van der Waals surface area (Å²) in [5.74, 6) is 0.339. The summed E-state index contributed by atoms with van der Waals surface area (Å²) in [7, 11) is -4.67. The third-order valence-electron chi connectivity index (χ3n) is 5.98. The molecule has 44 heavy (non-hydrogen) atoms. The number of phenols is 2. The lowest BCUT2D eigenvalue weighted by Crippen LogP contribution is -2.02. The van der Waals surface area contributed by atoms with Gasteiger partial charge in [0, 0.05) is 25.1 Å². The van der Waals surface area contributed by atoms with Crippen molar-refractivity contribution in [3.8, 4) is 11.5 Å². The molecule has 5 rings (SSSR count). The minimum Gasteiger partial charge on any atom is -0.508 e. The second-order valence-corrected chi connectivity index (χ2v) is 12.4. The number of fused-ring (bicyclic) bond motifs is 2. The van der Waals surface area contributed by atoms with Gasteiger partial charge in [0.25, 0.3) is 0 Å². The van der Waals surface area contributed by atoms with E-state index in [0.717, 1.165) is 20.3 Å². The molecule has 0 aliphatic rings. The van der Waals surface area contributed by atoms with Crippen molar-refractivity contribution in [2.24, 2.45) is 0 Å². The van der Waals surface area contributed by atoms with Gasteiger partial charge in [-0.3, -0.25) is 13.9 Å². The number of carbonyl (C=O) groups is 1. The highest BCUT2D eigenvalue weighted by Crippen LogP contribution is 2.34. The molecule has 9 nitrogen and oxygen atoms in total. The number of phenolic OH excluding ortho intramolecular Hbond substituents is 2. The minimum absolute atomic E-state index is 0.00199. The number of carboxylic acids is 1. The monoisotopic (exact) mass is 658 g/mol. The number of hydrogen-bond acceptors (Lipinski definition) is 8. The SMILES string of the molecule is CC(C)c1cc(O)cc2c(=O)c3ccccc3sc12.CC(C)c1cccc(O)c1.O=C(O)c1ccccc1S.O=S(=O)(O)O. The molecule has 1 heterocycles. The molecule has 0 radical (unpaired) electrons. The van der Waals surface area contributed by atoms with Gasteiger partial charge < -0.3 is 15.3 Å². The lowest BCUT2D eigenvalue weighted by atomic mass is 10.0. The zero-order chi connectivity index (χ0) is 33.2. The van der Waals surface area contributed by atoms with Crippen LogP contribution in [0.3, 0.4) is 0 Å². The molecule has 0 spiro atoms. The normalized spacial score (nSPS) is 10.8. The second kappa shape index (κ2) is 16.2. The average molecular weight is 659 g/mol. The largest absolute Gasteiger partial charge is 0.508 e. The fraction of sp³-hybridized carbons (Fsp3) is 0.188. The molecule has 0 unspecified atom stereocenters. The molecule has 234 valence electrons. The first-order valence-corrected chi connectivity index (χ1v) is 15.8. The molecule has 1 aromatic heterocycles. The fourth-order valence-electron chi connectivity index (χ4n) is 3.88. The van der Waals surface area contributed by atoms with Crippen LogP contribution in [0.1, 0.15) is 61.0 Å². The summed E-state index contributed by atoms with van der Waals surface area (Å²) >= 11 is 5.57. The number of carboxylic acid groups (broad SMARTS) is 1. The third-order valence-corrected chi connectivity index (χ3v) is 7.61. The smallest absolute Gasteiger partial charge is 0.394 e. The highest BCUT2D eigenvalue weighted by molar-refractivity contribution is 7.80. The first-order valence-electron chi connectivity index (χ1n) is 13.2. The van der Waals surface area contributed by atoms with Crippen molar-refractivity contribution in [3.63, 3.8) is 0 Å². The van der Waals surface area contributed by atoms with Crippen LogP contribution in [-0.4, -0.2) is 38.8 Å². The average Bonchev–Trinajstić information content (AvgIpc) is 2.93. The maximum atomic E-state index is 12.5. The van der Waals surface area contributed by atoms with Gasteiger partial charge in [-0.05, 0) is 71.5 Å². The molecule has 0 aliphatic carbocycles. The van der Waals surface area contributed by atoms with Crippen molar-refractivity contribution in [1.82, 2.24) is 0 Å². The van der Waals surface area contributed by atoms with E-state index in [1.54, 1.807) is 53.8 Å². The summed E-state index contributed by atoms with van der Waals surface area (Å²) in [4.78, 5) is 23.4. The number of aromatic carboxylic acids is 1. The van der Waals surface area contributed by atoms with Crippen LogP contribution in [-0.2, 0) is 10.4 Å². The third kappa shape index (κ3) is 11.3. The minimum atomic E-state index is -4.67. The molecule has 5 N–H and O–H groups in total. The van der Waals surface area contributed by atoms with E-state index in [1.165, 1.54) is 11.6 Å². The van der Waals surface area contributed by atoms with Crippen LogP contribution < -0.4 is 5.43 Å². The van der Waals surface area contributed by atoms with Crippen molar-refractivity contribution >= 4 is 60.5 Å². The lowest BCUT2D eigenvalue weighted by molar-refractivity contribution is 0.0693. The van der Waals surface area contributed by atoms with E-state index >= 15 is 0 Å². The Labute approximate surface area is 265 Å². The predicted molar refractivity (Wildman–Crippen MR) is 178 cm³/mol. The van der Waals surface area contributed by atoms with E-state index in [-0.39, 0.29) is 22.7 Å². The number of aromatic hydroxyl groups is 2. The fourth-order valence-corrected chi connectivity index (χ4v) is 5.45. The Kier molecular flexibility index (Phi) is 13.4. The Bertz CT molecular complexity index is 1890. The summed E-state index contributed by atoms with van der Waals surface area (Å²) in [6.45, 7) is 8.35. The highest BCUT2D eigenvalue weighted by atomic mass is 32.3. The van der Waals surface area contributed by atoms with Gasteiger partial charge in [0.15, 0.2) is 5.43 Å². The molecule has 0 amide bonds. The molecule has 5 aromatic rings. The molecule has 0 aliphatic heterocycles. The van der Waals surface area contributed by atoms with E-state index in [0.29, 0.717) is 21.9 Å². The summed E-state index contributed by atoms with van der Waals surface area (Å²) in [5, 5.41) is 28.7. The Hall–Kier alpha value is -3.94. The molecular weight excluding hydrogens is 625 g/mol. The van der Waals surface area contributed by atoms with Crippen molar-refractivity contribution < 1.29 is 37.6 Å². The summed E-state index contributed by atoms with van der Waals surface area (Å²) in [5.41, 5.74) is 2.45. The van der Waals surface area contributed by atoms with Crippen LogP contribution in [0.15, 0.2) is 94.6 Å². The van der Waals surface area contributed by atoms with Gasteiger partial charge in [-0.15, -0.1) is 24.0 Å². The van der Waals surface area contributed by atoms with Crippen LogP contribution in [0, 0.1) is 0 Å². The van der Waals surface area contributed by atoms with E-state index in [9.17, 15) is 14.7 Å². The lowest BCUT2D eigenvalue weighted by Gasteiger charge is -2.10. The molecule has 12 heteroatoms. The van der Waals surface area contributed by atoms with E-state index in [1.807, 2.05) is 36.4 Å². The first-order chi connectivity index (χ1) is 20.5. The van der Waals surface area contributed by atoms with Gasteiger partial charge in [0.2, 0.25) is 0 Å². The Balaban J connectivity index is 0.000000230. The van der Waals surface area contributed by atoms with Crippen molar-refractivity contribution in [2.75, 3.05) is 0 Å². The second-order valence-electron chi connectivity index (χ2n) is 10.0. The van der Waals surface area contributed by atoms with Crippen LogP contribution in [0.2, 0.25) is 0 Å². The quantitative estimate of drug-likeness (QED) is 0.0644. The van der Waals surface area contributed by atoms with E-state index < -0.39 is 16.4 Å². The molecule has 4 aromatic carbocycles. The first kappa shape index (κ1) is 36.3. The van der Waals surface area contributed by atoms with Gasteiger partial charge in [0.05, 0.1) is 5.56 Å². The van der Waals surface area contributed by atoms with E-state index in [2.05, 4.69) is 40.3 Å². The molecule has 0 fully saturated rings. The van der Waals surface area contributed by atoms with Gasteiger partial charge in [-0.2, -0.15) is 8.42 Å². The molecule has 0 saturated carbocycles. The number of hydrogen-bond donors (Lipinski definition) is 6. The van der Waals surface area contributed by atoms with Crippen molar-refractivity contribution in [3.05, 3.63) is 112 Å². The van der Waals surface area contributed by atoms with Crippen LogP contribution >= 0.6 is 24.0 Å². The topological polar surface area (TPSA) is 169 Å². The molecule has 0 atom stereocenters. The Morgan fingerprint density at radius 3 is 1.86 bits per heavy atom. The summed E-state index contributed by atoms with van der Waals surface area (Å²) in [6, 6.07) is 24.9. The Morgan fingerprint density at radius 2 is 1.36 bits per heavy atom. The van der Waals surface area contributed by atoms with Gasteiger partial charge in [0.1, 0.15) is 11.5 Å². The molecule has 0 saturated heterocycles. The van der Waals surface area contributed by atoms with Crippen molar-refractivity contribution in [2.45, 2.75) is 44.4 Å². The van der Waals surface area contributed by atoms with Gasteiger partial charge in [-0.25, -0.2) is 4.79 Å². The number of benzene rings is 4. The Morgan fingerprint density at radius 1 is 0.773 bits per heavy atom. The van der Waals surface area contributed by atoms with Crippen LogP contribution in [0.4, 0.5) is 0 Å². The summed E-state index contributed by atoms with van der Waals surface area (Å²) < 4.78 is 33.6. The number of rotatable bonds is 3. The van der Waals surface area contributed by atoms with Crippen molar-refractivity contribution in [1.29, 1.82) is 0 Å². The maximum Gasteiger partial charge on any atom is 0.394 e. The predicted octanol–water partition coefficient (Wildman–Crippen LogP) is 7.78. The summed E-state index contributed by atoms with van der Waals surface area (Å²) in [6.07, 6.45) is 0. The maximum absolute atomic E-state index is 12.5. The zero-order valence-corrected chi connectivity index (χ0v) is 26.9. The van der Waals surface area contributed by atoms with Crippen LogP contribution in [0.5, 0.6) is 11.5 Å². The zero-order valence-electron chi connectivity index (χ0n) is 24.4. The molecular formula is C32H34O9S3. The molecule has 0 bridgehead atoms. The van der Waals surface area contributed by atoms with Gasteiger partial charge >= 0.3 is 16.4 Å². The highest BCUT2D eigenvalue weighted by Gasteiger charge is 2.13. The van der Waals surface area contributed by atoms with E-state index in [4.69, 9.17) is 27.7 Å².